The van der Waals surface area contributed by atoms with Gasteiger partial charge in [0.15, 0.2) is 0 Å². The van der Waals surface area contributed by atoms with E-state index in [9.17, 15) is 0 Å². The van der Waals surface area contributed by atoms with E-state index in [0.29, 0.717) is 0 Å². The van der Waals surface area contributed by atoms with Gasteiger partial charge in [0.05, 0.1) is 6.61 Å². The monoisotopic (exact) mass is 263 g/mol. The molecule has 2 heteroatoms. The van der Waals surface area contributed by atoms with Gasteiger partial charge in [0.1, 0.15) is 5.75 Å². The third kappa shape index (κ3) is 7.22. The van der Waals surface area contributed by atoms with Gasteiger partial charge in [-0.15, -0.1) is 0 Å². The minimum Gasteiger partial charge on any atom is -0.493 e. The predicted molar refractivity (Wildman–Crippen MR) is 82.7 cm³/mol. The lowest BCUT2D eigenvalue weighted by atomic mass is 10.1. The lowest BCUT2D eigenvalue weighted by Gasteiger charge is -2.12. The maximum Gasteiger partial charge on any atom is 0.122 e. The van der Waals surface area contributed by atoms with Crippen molar-refractivity contribution in [1.82, 2.24) is 0 Å². The second-order valence-electron chi connectivity index (χ2n) is 5.41. The standard InChI is InChI=1S/C17H29NO/c1-3-4-5-6-7-10-13-19-17-12-9-8-11-16(17)14-15(2)18/h8-9,11-12,15H,3-7,10,13-14,18H2,1-2H3. The molecule has 0 spiro atoms. The minimum atomic E-state index is 0.179. The van der Waals surface area contributed by atoms with Crippen molar-refractivity contribution in [3.63, 3.8) is 0 Å². The number of benzene rings is 1. The number of para-hydroxylation sites is 1. The van der Waals surface area contributed by atoms with Crippen molar-refractivity contribution in [3.8, 4) is 5.75 Å². The molecule has 108 valence electrons. The van der Waals surface area contributed by atoms with Crippen LogP contribution in [-0.2, 0) is 6.42 Å². The van der Waals surface area contributed by atoms with E-state index in [-0.39, 0.29) is 6.04 Å². The van der Waals surface area contributed by atoms with Crippen molar-refractivity contribution in [2.45, 2.75) is 64.8 Å². The largest absolute Gasteiger partial charge is 0.493 e. The van der Waals surface area contributed by atoms with E-state index in [1.54, 1.807) is 0 Å². The molecule has 1 unspecified atom stereocenters. The number of ether oxygens (including phenoxy) is 1. The number of hydrogen-bond donors (Lipinski definition) is 1. The van der Waals surface area contributed by atoms with Crippen LogP contribution < -0.4 is 10.5 Å². The van der Waals surface area contributed by atoms with Crippen LogP contribution in [-0.4, -0.2) is 12.6 Å². The molecule has 19 heavy (non-hydrogen) atoms. The Morgan fingerprint density at radius 2 is 1.74 bits per heavy atom. The molecule has 0 aliphatic carbocycles. The molecular formula is C17H29NO. The molecule has 1 atom stereocenters. The number of unbranched alkanes of at least 4 members (excludes halogenated alkanes) is 5. The van der Waals surface area contributed by atoms with Crippen LogP contribution >= 0.6 is 0 Å². The molecule has 1 rings (SSSR count). The highest BCUT2D eigenvalue weighted by Gasteiger charge is 2.05. The summed E-state index contributed by atoms with van der Waals surface area (Å²) in [5, 5.41) is 0. The summed E-state index contributed by atoms with van der Waals surface area (Å²) < 4.78 is 5.89. The number of hydrogen-bond acceptors (Lipinski definition) is 2. The van der Waals surface area contributed by atoms with Gasteiger partial charge in [-0.25, -0.2) is 0 Å². The third-order valence-corrected chi connectivity index (χ3v) is 3.27. The first-order chi connectivity index (χ1) is 9.24. The highest BCUT2D eigenvalue weighted by molar-refractivity contribution is 5.33. The Bertz CT molecular complexity index is 336. The van der Waals surface area contributed by atoms with Crippen LogP contribution in [0.2, 0.25) is 0 Å². The van der Waals surface area contributed by atoms with Crippen molar-refractivity contribution in [2.75, 3.05) is 6.61 Å². The summed E-state index contributed by atoms with van der Waals surface area (Å²) in [4.78, 5) is 0. The minimum absolute atomic E-state index is 0.179. The normalized spacial score (nSPS) is 12.4. The Balaban J connectivity index is 2.25. The molecule has 1 aromatic rings. The fraction of sp³-hybridized carbons (Fsp3) is 0.647. The van der Waals surface area contributed by atoms with Gasteiger partial charge in [0, 0.05) is 6.04 Å². The van der Waals surface area contributed by atoms with Crippen molar-refractivity contribution < 1.29 is 4.74 Å². The van der Waals surface area contributed by atoms with Gasteiger partial charge in [0.25, 0.3) is 0 Å². The van der Waals surface area contributed by atoms with Gasteiger partial charge >= 0.3 is 0 Å². The summed E-state index contributed by atoms with van der Waals surface area (Å²) in [7, 11) is 0. The molecule has 0 saturated carbocycles. The fourth-order valence-corrected chi connectivity index (χ4v) is 2.22. The molecule has 2 nitrogen and oxygen atoms in total. The van der Waals surface area contributed by atoms with E-state index in [1.165, 1.54) is 37.7 Å². The highest BCUT2D eigenvalue weighted by Crippen LogP contribution is 2.19. The molecule has 2 N–H and O–H groups in total. The summed E-state index contributed by atoms with van der Waals surface area (Å²) in [6.07, 6.45) is 8.66. The third-order valence-electron chi connectivity index (χ3n) is 3.27. The average Bonchev–Trinajstić information content (AvgIpc) is 2.39. The molecule has 0 heterocycles. The maximum absolute atomic E-state index is 5.89. The predicted octanol–water partition coefficient (Wildman–Crippen LogP) is 4.32. The SMILES string of the molecule is CCCCCCCCOc1ccccc1CC(C)N. The molecular weight excluding hydrogens is 234 g/mol. The first-order valence-electron chi connectivity index (χ1n) is 7.70. The maximum atomic E-state index is 5.89. The fourth-order valence-electron chi connectivity index (χ4n) is 2.22. The zero-order valence-electron chi connectivity index (χ0n) is 12.5. The van der Waals surface area contributed by atoms with Crippen LogP contribution in [0, 0.1) is 0 Å². The van der Waals surface area contributed by atoms with Crippen LogP contribution in [0.4, 0.5) is 0 Å². The molecule has 0 fully saturated rings. The van der Waals surface area contributed by atoms with Crippen LogP contribution in [0.15, 0.2) is 24.3 Å². The quantitative estimate of drug-likeness (QED) is 0.638. The van der Waals surface area contributed by atoms with E-state index in [1.807, 2.05) is 13.0 Å². The Labute approximate surface area is 118 Å². The van der Waals surface area contributed by atoms with Crippen molar-refractivity contribution in [2.24, 2.45) is 5.73 Å². The summed E-state index contributed by atoms with van der Waals surface area (Å²) in [6.45, 7) is 5.10. The molecule has 0 aliphatic rings. The second-order valence-corrected chi connectivity index (χ2v) is 5.41. The number of rotatable bonds is 10. The lowest BCUT2D eigenvalue weighted by Crippen LogP contribution is -2.18. The molecule has 0 saturated heterocycles. The van der Waals surface area contributed by atoms with Crippen LogP contribution in [0.3, 0.4) is 0 Å². The molecule has 0 aromatic heterocycles. The second kappa shape index (κ2) is 9.85. The number of nitrogens with two attached hydrogens (primary N) is 1. The van der Waals surface area contributed by atoms with Gasteiger partial charge in [-0.1, -0.05) is 57.2 Å². The van der Waals surface area contributed by atoms with Gasteiger partial charge < -0.3 is 10.5 Å². The smallest absolute Gasteiger partial charge is 0.122 e. The van der Waals surface area contributed by atoms with Crippen molar-refractivity contribution >= 4 is 0 Å². The van der Waals surface area contributed by atoms with Gasteiger partial charge in [-0.05, 0) is 31.4 Å². The van der Waals surface area contributed by atoms with E-state index in [0.717, 1.165) is 25.2 Å². The summed E-state index contributed by atoms with van der Waals surface area (Å²) >= 11 is 0. The topological polar surface area (TPSA) is 35.2 Å². The molecule has 0 amide bonds. The Kier molecular flexibility index (Phi) is 8.31. The molecule has 0 radical (unpaired) electrons. The van der Waals surface area contributed by atoms with Gasteiger partial charge in [0.2, 0.25) is 0 Å². The summed E-state index contributed by atoms with van der Waals surface area (Å²) in [5.41, 5.74) is 7.09. The Morgan fingerprint density at radius 1 is 1.05 bits per heavy atom. The Hall–Kier alpha value is -1.02. The summed E-state index contributed by atoms with van der Waals surface area (Å²) in [5.74, 6) is 1.01. The van der Waals surface area contributed by atoms with E-state index in [4.69, 9.17) is 10.5 Å². The first-order valence-corrected chi connectivity index (χ1v) is 7.70. The zero-order chi connectivity index (χ0) is 13.9. The summed E-state index contributed by atoms with van der Waals surface area (Å²) in [6, 6.07) is 8.42. The average molecular weight is 263 g/mol. The van der Waals surface area contributed by atoms with Crippen LogP contribution in [0.1, 0.15) is 57.9 Å². The van der Waals surface area contributed by atoms with Crippen molar-refractivity contribution in [3.05, 3.63) is 29.8 Å². The Morgan fingerprint density at radius 3 is 2.47 bits per heavy atom. The van der Waals surface area contributed by atoms with Crippen LogP contribution in [0.5, 0.6) is 5.75 Å². The lowest BCUT2D eigenvalue weighted by molar-refractivity contribution is 0.301. The molecule has 0 bridgehead atoms. The highest BCUT2D eigenvalue weighted by atomic mass is 16.5. The zero-order valence-corrected chi connectivity index (χ0v) is 12.5. The van der Waals surface area contributed by atoms with E-state index >= 15 is 0 Å². The molecule has 0 aliphatic heterocycles. The van der Waals surface area contributed by atoms with Gasteiger partial charge in [-0.3, -0.25) is 0 Å². The van der Waals surface area contributed by atoms with Crippen molar-refractivity contribution in [1.29, 1.82) is 0 Å². The van der Waals surface area contributed by atoms with E-state index < -0.39 is 0 Å². The van der Waals surface area contributed by atoms with Crippen LogP contribution in [0.25, 0.3) is 0 Å². The molecule has 1 aromatic carbocycles. The van der Waals surface area contributed by atoms with E-state index in [2.05, 4.69) is 25.1 Å². The first kappa shape index (κ1) is 16.0. The van der Waals surface area contributed by atoms with Gasteiger partial charge in [-0.2, -0.15) is 0 Å².